The Balaban J connectivity index is 0.00000180. The fraction of sp³-hybridized carbons (Fsp3) is 0.333. The van der Waals surface area contributed by atoms with Crippen LogP contribution in [-0.4, -0.2) is 53.6 Å². The summed E-state index contributed by atoms with van der Waals surface area (Å²) in [6, 6.07) is 6.97. The van der Waals surface area contributed by atoms with Crippen molar-refractivity contribution in [2.45, 2.75) is 0 Å². The molecule has 2 rings (SSSR count). The fourth-order valence-corrected chi connectivity index (χ4v) is 1.68. The predicted octanol–water partition coefficient (Wildman–Crippen LogP) is -4.04. The van der Waals surface area contributed by atoms with E-state index in [1.807, 2.05) is 11.4 Å². The molecule has 0 amide bonds. The van der Waals surface area contributed by atoms with Gasteiger partial charge in [-0.25, -0.2) is 4.99 Å². The van der Waals surface area contributed by atoms with E-state index in [9.17, 15) is 5.11 Å². The zero-order chi connectivity index (χ0) is 12.8. The molecule has 0 bridgehead atoms. The number of hydrogen-bond donors (Lipinski definition) is 3. The molecule has 0 radical (unpaired) electrons. The number of nitrogens with zero attached hydrogens (tertiary/aromatic N) is 3. The molecule has 0 spiro atoms. The first-order valence-electron chi connectivity index (χ1n) is 5.89. The molecule has 0 fully saturated rings. The molecular formula is C12H17IN4O2. The number of aliphatic hydroxyl groups is 1. The van der Waals surface area contributed by atoms with Crippen LogP contribution in [0.3, 0.4) is 0 Å². The Hall–Kier alpha value is -1.19. The lowest BCUT2D eigenvalue weighted by Gasteiger charge is -2.13. The Morgan fingerprint density at radius 2 is 2.21 bits per heavy atom. The minimum absolute atomic E-state index is 0. The highest BCUT2D eigenvalue weighted by Crippen LogP contribution is 2.12. The van der Waals surface area contributed by atoms with E-state index in [2.05, 4.69) is 10.1 Å². The lowest BCUT2D eigenvalue weighted by molar-refractivity contribution is -0.537. The Morgan fingerprint density at radius 1 is 1.42 bits per heavy atom. The first-order chi connectivity index (χ1) is 8.81. The third-order valence-corrected chi connectivity index (χ3v) is 2.58. The van der Waals surface area contributed by atoms with Gasteiger partial charge in [0, 0.05) is 5.56 Å². The SMILES string of the molecule is OCCN(/N=C/c1ccccc1O)C1=NCC[NH2+]1.[I-]. The van der Waals surface area contributed by atoms with Crippen molar-refractivity contribution < 1.29 is 39.5 Å². The van der Waals surface area contributed by atoms with Crippen LogP contribution in [0.15, 0.2) is 34.4 Å². The van der Waals surface area contributed by atoms with E-state index in [1.165, 1.54) is 0 Å². The Morgan fingerprint density at radius 3 is 2.84 bits per heavy atom. The lowest BCUT2D eigenvalue weighted by atomic mass is 10.2. The third kappa shape index (κ3) is 4.44. The van der Waals surface area contributed by atoms with Gasteiger partial charge in [-0.2, -0.15) is 10.1 Å². The molecule has 0 saturated heterocycles. The molecule has 1 aliphatic heterocycles. The first kappa shape index (κ1) is 15.9. The highest BCUT2D eigenvalue weighted by molar-refractivity contribution is 5.84. The molecule has 1 aromatic carbocycles. The monoisotopic (exact) mass is 376 g/mol. The number of phenolic OH excluding ortho intramolecular Hbond substituents is 1. The van der Waals surface area contributed by atoms with Gasteiger partial charge in [0.15, 0.2) is 0 Å². The Labute approximate surface area is 128 Å². The van der Waals surface area contributed by atoms with E-state index in [-0.39, 0.29) is 36.3 Å². The van der Waals surface area contributed by atoms with Crippen LogP contribution < -0.4 is 29.3 Å². The topological polar surface area (TPSA) is 85.0 Å². The summed E-state index contributed by atoms with van der Waals surface area (Å²) in [6.07, 6.45) is 1.57. The third-order valence-electron chi connectivity index (χ3n) is 2.58. The summed E-state index contributed by atoms with van der Waals surface area (Å²) in [7, 11) is 0. The van der Waals surface area contributed by atoms with Crippen LogP contribution in [0, 0.1) is 0 Å². The maximum atomic E-state index is 9.62. The van der Waals surface area contributed by atoms with Crippen LogP contribution in [0.5, 0.6) is 5.75 Å². The number of phenols is 1. The molecule has 19 heavy (non-hydrogen) atoms. The number of para-hydroxylation sites is 1. The van der Waals surface area contributed by atoms with Crippen LogP contribution >= 0.6 is 0 Å². The molecule has 0 aliphatic carbocycles. The standard InChI is InChI=1S/C12H16N4O2.HI/c17-8-7-16(12-13-5-6-14-12)15-9-10-3-1-2-4-11(10)18;/h1-4,9,17-18H,5-8H2,(H,13,14);1H/b15-9+;. The molecule has 1 heterocycles. The molecule has 0 atom stereocenters. The number of hydrogen-bond acceptors (Lipinski definition) is 5. The number of aliphatic imine (C=N–C) groups is 1. The normalized spacial score (nSPS) is 14.3. The second kappa shape index (κ2) is 8.08. The maximum absolute atomic E-state index is 9.62. The van der Waals surface area contributed by atoms with E-state index in [0.717, 1.165) is 19.0 Å². The van der Waals surface area contributed by atoms with Crippen molar-refractivity contribution in [3.05, 3.63) is 29.8 Å². The van der Waals surface area contributed by atoms with Crippen molar-refractivity contribution in [2.24, 2.45) is 10.1 Å². The fourth-order valence-electron chi connectivity index (χ4n) is 1.68. The molecule has 6 nitrogen and oxygen atoms in total. The average Bonchev–Trinajstić information content (AvgIpc) is 2.90. The molecule has 4 N–H and O–H groups in total. The number of halogens is 1. The van der Waals surface area contributed by atoms with Crippen molar-refractivity contribution in [1.82, 2.24) is 5.01 Å². The van der Waals surface area contributed by atoms with Crippen molar-refractivity contribution in [2.75, 3.05) is 26.2 Å². The Bertz CT molecular complexity index is 465. The van der Waals surface area contributed by atoms with Gasteiger partial charge in [-0.3, -0.25) is 5.32 Å². The molecule has 0 aromatic heterocycles. The zero-order valence-corrected chi connectivity index (χ0v) is 12.6. The maximum Gasteiger partial charge on any atom is 0.317 e. The zero-order valence-electron chi connectivity index (χ0n) is 10.4. The van der Waals surface area contributed by atoms with E-state index in [1.54, 1.807) is 29.4 Å². The quantitative estimate of drug-likeness (QED) is 0.284. The molecule has 7 heteroatoms. The summed E-state index contributed by atoms with van der Waals surface area (Å²) in [5.74, 6) is 0.957. The Kier molecular flexibility index (Phi) is 6.74. The van der Waals surface area contributed by atoms with E-state index < -0.39 is 0 Å². The van der Waals surface area contributed by atoms with Crippen molar-refractivity contribution in [3.63, 3.8) is 0 Å². The smallest absolute Gasteiger partial charge is 0.317 e. The minimum atomic E-state index is 0. The number of rotatable bonds is 4. The van der Waals surface area contributed by atoms with Crippen molar-refractivity contribution in [1.29, 1.82) is 0 Å². The van der Waals surface area contributed by atoms with Crippen LogP contribution in [0.2, 0.25) is 0 Å². The summed E-state index contributed by atoms with van der Waals surface area (Å²) in [5.41, 5.74) is 0.638. The van der Waals surface area contributed by atoms with Gasteiger partial charge in [-0.05, 0) is 12.1 Å². The van der Waals surface area contributed by atoms with E-state index in [4.69, 9.17) is 5.11 Å². The summed E-state index contributed by atoms with van der Waals surface area (Å²) in [5, 5.41) is 26.5. The summed E-state index contributed by atoms with van der Waals surface area (Å²) < 4.78 is 0. The lowest BCUT2D eigenvalue weighted by Crippen LogP contribution is -3.00. The van der Waals surface area contributed by atoms with Crippen molar-refractivity contribution >= 4 is 12.2 Å². The van der Waals surface area contributed by atoms with Crippen molar-refractivity contribution in [3.8, 4) is 5.75 Å². The molecule has 1 aromatic rings. The van der Waals surface area contributed by atoms with Gasteiger partial charge in [-0.15, -0.1) is 0 Å². The summed E-state index contributed by atoms with van der Waals surface area (Å²) in [6.45, 7) is 2.07. The largest absolute Gasteiger partial charge is 1.00 e. The van der Waals surface area contributed by atoms with Gasteiger partial charge < -0.3 is 34.2 Å². The molecule has 0 unspecified atom stereocenters. The van der Waals surface area contributed by atoms with Gasteiger partial charge in [0.2, 0.25) is 0 Å². The van der Waals surface area contributed by atoms with Gasteiger partial charge in [0.25, 0.3) is 0 Å². The number of benzene rings is 1. The van der Waals surface area contributed by atoms with Gasteiger partial charge in [0.1, 0.15) is 12.3 Å². The average molecular weight is 376 g/mol. The second-order valence-corrected chi connectivity index (χ2v) is 3.88. The number of quaternary nitrogens is 1. The minimum Gasteiger partial charge on any atom is -1.00 e. The highest BCUT2D eigenvalue weighted by Gasteiger charge is 2.17. The predicted molar refractivity (Wildman–Crippen MR) is 68.6 cm³/mol. The molecular weight excluding hydrogens is 359 g/mol. The summed E-state index contributed by atoms with van der Waals surface area (Å²) in [4.78, 5) is 4.29. The van der Waals surface area contributed by atoms with Gasteiger partial charge in [0.05, 0.1) is 25.9 Å². The van der Waals surface area contributed by atoms with E-state index in [0.29, 0.717) is 12.1 Å². The van der Waals surface area contributed by atoms with Crippen LogP contribution in [-0.2, 0) is 0 Å². The number of guanidine groups is 1. The van der Waals surface area contributed by atoms with Gasteiger partial charge in [-0.1, -0.05) is 12.1 Å². The van der Waals surface area contributed by atoms with Crippen LogP contribution in [0.25, 0.3) is 0 Å². The van der Waals surface area contributed by atoms with Gasteiger partial charge >= 0.3 is 5.96 Å². The molecule has 0 saturated carbocycles. The number of aliphatic hydroxyl groups excluding tert-OH is 1. The van der Waals surface area contributed by atoms with Crippen LogP contribution in [0.4, 0.5) is 0 Å². The number of nitrogens with two attached hydrogens (primary N) is 1. The molecule has 1 aliphatic rings. The van der Waals surface area contributed by atoms with Crippen LogP contribution in [0.1, 0.15) is 5.56 Å². The van der Waals surface area contributed by atoms with E-state index >= 15 is 0 Å². The second-order valence-electron chi connectivity index (χ2n) is 3.88. The molecule has 104 valence electrons. The summed E-state index contributed by atoms with van der Waals surface area (Å²) >= 11 is 0. The number of hydrazone groups is 1. The highest BCUT2D eigenvalue weighted by atomic mass is 127. The number of aromatic hydroxyl groups is 1. The first-order valence-corrected chi connectivity index (χ1v) is 5.89.